The lowest BCUT2D eigenvalue weighted by atomic mass is 9.99. The van der Waals surface area contributed by atoms with Crippen LogP contribution in [0, 0.1) is 0 Å². The number of rotatable bonds is 17. The topological polar surface area (TPSA) is 281 Å². The summed E-state index contributed by atoms with van der Waals surface area (Å²) < 4.78 is 11.8. The van der Waals surface area contributed by atoms with E-state index in [-0.39, 0.29) is 51.7 Å². The minimum Gasteiger partial charge on any atom is -0.489 e. The van der Waals surface area contributed by atoms with Crippen molar-refractivity contribution < 1.29 is 43.0 Å². The molecular formula is C58H66N10O9. The molecule has 0 spiro atoms. The Hall–Kier alpha value is -8.55. The van der Waals surface area contributed by atoms with Gasteiger partial charge in [0.2, 0.25) is 35.4 Å². The number of hydrogen-bond donors (Lipinski definition) is 9. The lowest BCUT2D eigenvalue weighted by molar-refractivity contribution is -0.143. The molecular weight excluding hydrogens is 981 g/mol. The minimum absolute atomic E-state index is 0.0385. The van der Waals surface area contributed by atoms with Crippen LogP contribution in [0.2, 0.25) is 0 Å². The smallest absolute Gasteiger partial charge is 0.407 e. The molecule has 19 nitrogen and oxygen atoms in total. The number of H-pyrrole nitrogens is 1. The summed E-state index contributed by atoms with van der Waals surface area (Å²) >= 11 is 0. The highest BCUT2D eigenvalue weighted by Gasteiger charge is 2.45. The molecule has 2 aliphatic rings. The summed E-state index contributed by atoms with van der Waals surface area (Å²) in [7, 11) is 0. The van der Waals surface area contributed by atoms with Crippen molar-refractivity contribution in [2.45, 2.75) is 93.9 Å². The van der Waals surface area contributed by atoms with Gasteiger partial charge in [-0.05, 0) is 71.8 Å². The number of alkyl carbamates (subject to hydrolysis) is 1. The first-order valence-corrected chi connectivity index (χ1v) is 26.0. The number of nitrogens with two attached hydrogens (primary N) is 2. The molecule has 0 saturated carbocycles. The number of aromatic nitrogens is 1. The molecule has 8 rings (SSSR count). The zero-order valence-corrected chi connectivity index (χ0v) is 42.7. The molecule has 7 atom stereocenters. The predicted molar refractivity (Wildman–Crippen MR) is 288 cm³/mol. The third-order valence-corrected chi connectivity index (χ3v) is 13.7. The Morgan fingerprint density at radius 3 is 1.87 bits per heavy atom. The number of nitrogens with zero attached hydrogens (tertiary/aromatic N) is 1. The monoisotopic (exact) mass is 1050 g/mol. The lowest BCUT2D eigenvalue weighted by Crippen LogP contribution is -2.61. The van der Waals surface area contributed by atoms with Crippen molar-refractivity contribution in [3.8, 4) is 5.75 Å². The van der Waals surface area contributed by atoms with E-state index in [0.29, 0.717) is 54.0 Å². The molecule has 0 unspecified atom stereocenters. The summed E-state index contributed by atoms with van der Waals surface area (Å²) in [5.74, 6) is -3.76. The van der Waals surface area contributed by atoms with Gasteiger partial charge in [-0.1, -0.05) is 121 Å². The molecule has 6 aromatic rings. The average Bonchev–Trinajstić information content (AvgIpc) is 4.08. The van der Waals surface area contributed by atoms with Gasteiger partial charge in [0.15, 0.2) is 0 Å². The number of fused-ring (bicyclic) bond motifs is 2. The Kier molecular flexibility index (Phi) is 19.0. The van der Waals surface area contributed by atoms with E-state index in [1.54, 1.807) is 85.1 Å². The van der Waals surface area contributed by atoms with Crippen LogP contribution in [0.25, 0.3) is 10.9 Å². The van der Waals surface area contributed by atoms with Gasteiger partial charge < -0.3 is 62.7 Å². The van der Waals surface area contributed by atoms with Crippen LogP contribution in [-0.2, 0) is 59.4 Å². The number of hydrogen-bond acceptors (Lipinski definition) is 11. The molecule has 0 radical (unpaired) electrons. The maximum atomic E-state index is 15.3. The molecule has 2 fully saturated rings. The van der Waals surface area contributed by atoms with Gasteiger partial charge in [-0.3, -0.25) is 28.8 Å². The maximum Gasteiger partial charge on any atom is 0.407 e. The van der Waals surface area contributed by atoms with Crippen LogP contribution < -0.4 is 48.1 Å². The van der Waals surface area contributed by atoms with E-state index < -0.39 is 83.9 Å². The number of nitrogens with one attached hydrogen (secondary N) is 7. The lowest BCUT2D eigenvalue weighted by Gasteiger charge is -2.32. The molecule has 402 valence electrons. The predicted octanol–water partition coefficient (Wildman–Crippen LogP) is 3.37. The summed E-state index contributed by atoms with van der Waals surface area (Å²) in [5, 5.41) is 17.9. The molecule has 2 aliphatic heterocycles. The standard InChI is InChI=1S/C58H66N10O9/c59-27-13-12-22-46-52(69)64-47(30-38-23-25-42(26-24-38)76-36-39-16-6-2-7-17-39)53(70)66-49(31-37-14-4-1-5-15-37)57(74)68-35-43(77-58(75)61-29-28-60)33-50(68)55(72)67-51(40-18-8-3-9-19-40)56(73)65-48(54(71)63-46)32-41-34-62-45-21-11-10-20-44(41)45/h1-11,14-21,23-26,34,43,46-51,62H,12-13,22,27-33,35-36,59-60H2,(H,61,75)(H,63,71)(H,64,69)(H,65,73)(H,66,70)(H,67,72)/t43-,46-,47+,48-,49+,50+,51+/m1/s1. The quantitative estimate of drug-likeness (QED) is 0.0598. The van der Waals surface area contributed by atoms with Crippen molar-refractivity contribution >= 4 is 52.4 Å². The summed E-state index contributed by atoms with van der Waals surface area (Å²) in [6, 6.07) is 33.6. The summed E-state index contributed by atoms with van der Waals surface area (Å²) in [4.78, 5) is 107. The highest BCUT2D eigenvalue weighted by atomic mass is 16.6. The van der Waals surface area contributed by atoms with Crippen LogP contribution in [0.5, 0.6) is 5.75 Å². The van der Waals surface area contributed by atoms with Crippen LogP contribution >= 0.6 is 0 Å². The highest BCUT2D eigenvalue weighted by Crippen LogP contribution is 2.26. The van der Waals surface area contributed by atoms with E-state index in [1.165, 1.54) is 4.90 Å². The number of unbranched alkanes of at least 4 members (excludes halogenated alkanes) is 1. The van der Waals surface area contributed by atoms with Crippen molar-refractivity contribution in [3.63, 3.8) is 0 Å². The highest BCUT2D eigenvalue weighted by molar-refractivity contribution is 5.99. The Bertz CT molecular complexity index is 2960. The first kappa shape index (κ1) is 54.7. The van der Waals surface area contributed by atoms with Crippen LogP contribution in [0.1, 0.15) is 59.5 Å². The Morgan fingerprint density at radius 1 is 0.584 bits per heavy atom. The molecule has 1 aromatic heterocycles. The Balaban J connectivity index is 1.19. The zero-order chi connectivity index (χ0) is 54.1. The molecule has 0 aliphatic carbocycles. The van der Waals surface area contributed by atoms with Gasteiger partial charge in [0.25, 0.3) is 0 Å². The van der Waals surface area contributed by atoms with E-state index >= 15 is 9.59 Å². The zero-order valence-electron chi connectivity index (χ0n) is 42.7. The van der Waals surface area contributed by atoms with Crippen molar-refractivity contribution in [1.29, 1.82) is 0 Å². The van der Waals surface area contributed by atoms with E-state index in [0.717, 1.165) is 16.5 Å². The SMILES string of the molecule is NCCCC[C@H]1NC(=O)[C@@H](Cc2c[nH]c3ccccc23)NC(=O)[C@H](c2ccccc2)NC(=O)[C@@H]2C[C@@H](OC(=O)NCCN)CN2C(=O)[C@H](Cc2ccccc2)NC(=O)[C@H](Cc2ccc(OCc3ccccc3)cc2)NC1=O. The molecule has 77 heavy (non-hydrogen) atoms. The van der Waals surface area contributed by atoms with Gasteiger partial charge >= 0.3 is 6.09 Å². The summed E-state index contributed by atoms with van der Waals surface area (Å²) in [6.07, 6.45) is 0.652. The van der Waals surface area contributed by atoms with Crippen LogP contribution in [-0.4, -0.2) is 114 Å². The second-order valence-corrected chi connectivity index (χ2v) is 19.2. The molecule has 11 N–H and O–H groups in total. The van der Waals surface area contributed by atoms with Gasteiger partial charge in [0, 0.05) is 55.9 Å². The number of carbonyl (C=O) groups excluding carboxylic acids is 7. The van der Waals surface area contributed by atoms with Crippen molar-refractivity contribution in [1.82, 2.24) is 41.8 Å². The largest absolute Gasteiger partial charge is 0.489 e. The van der Waals surface area contributed by atoms with Gasteiger partial charge in [0.1, 0.15) is 54.7 Å². The molecule has 19 heteroatoms. The third kappa shape index (κ3) is 14.9. The molecule has 0 bridgehead atoms. The van der Waals surface area contributed by atoms with Crippen molar-refractivity contribution in [2.75, 3.05) is 26.2 Å². The van der Waals surface area contributed by atoms with Gasteiger partial charge in [0.05, 0.1) is 6.54 Å². The third-order valence-electron chi connectivity index (χ3n) is 13.7. The Morgan fingerprint density at radius 2 is 1.17 bits per heavy atom. The van der Waals surface area contributed by atoms with Gasteiger partial charge in [-0.25, -0.2) is 4.79 Å². The number of carbonyl (C=O) groups is 7. The number of benzene rings is 5. The molecule has 3 heterocycles. The van der Waals surface area contributed by atoms with Crippen LogP contribution in [0.3, 0.4) is 0 Å². The fourth-order valence-electron chi connectivity index (χ4n) is 9.65. The molecule has 5 aromatic carbocycles. The van der Waals surface area contributed by atoms with Gasteiger partial charge in [-0.15, -0.1) is 0 Å². The van der Waals surface area contributed by atoms with E-state index in [9.17, 15) is 24.0 Å². The second kappa shape index (κ2) is 26.8. The van der Waals surface area contributed by atoms with E-state index in [4.69, 9.17) is 20.9 Å². The van der Waals surface area contributed by atoms with Gasteiger partial charge in [-0.2, -0.15) is 0 Å². The van der Waals surface area contributed by atoms with Crippen molar-refractivity contribution in [3.05, 3.63) is 174 Å². The van der Waals surface area contributed by atoms with E-state index in [1.807, 2.05) is 60.7 Å². The fraction of sp³-hybridized carbons (Fsp3) is 0.328. The summed E-state index contributed by atoms with van der Waals surface area (Å²) in [5.41, 5.74) is 15.7. The van der Waals surface area contributed by atoms with Crippen LogP contribution in [0.15, 0.2) is 146 Å². The number of amides is 7. The first-order valence-electron chi connectivity index (χ1n) is 26.0. The molecule has 7 amide bonds. The molecule has 2 saturated heterocycles. The minimum atomic E-state index is -1.42. The number of aromatic amines is 1. The summed E-state index contributed by atoms with van der Waals surface area (Å²) in [6.45, 7) is 0.617. The number of para-hydroxylation sites is 1. The fourth-order valence-corrected chi connectivity index (χ4v) is 9.65. The first-order chi connectivity index (χ1) is 37.5. The number of ether oxygens (including phenoxy) is 2. The Labute approximate surface area is 446 Å². The second-order valence-electron chi connectivity index (χ2n) is 19.2. The van der Waals surface area contributed by atoms with E-state index in [2.05, 4.69) is 36.9 Å². The maximum absolute atomic E-state index is 15.3. The van der Waals surface area contributed by atoms with Crippen molar-refractivity contribution in [2.24, 2.45) is 11.5 Å². The average molecular weight is 1050 g/mol. The van der Waals surface area contributed by atoms with Crippen LogP contribution in [0.4, 0.5) is 4.79 Å². The normalized spacial score (nSPS) is 21.6.